The molecule has 0 saturated carbocycles. The number of thiocarbonyl (C=S) groups is 1. The fourth-order valence-corrected chi connectivity index (χ4v) is 3.35. The van der Waals surface area contributed by atoms with E-state index in [0.717, 1.165) is 24.3 Å². The number of hydrogen-bond acceptors (Lipinski definition) is 4. The molecule has 2 N–H and O–H groups in total. The summed E-state index contributed by atoms with van der Waals surface area (Å²) >= 11 is 17.4. The smallest absolute Gasteiger partial charge is 0.250 e. The number of halogens is 2. The summed E-state index contributed by atoms with van der Waals surface area (Å²) in [6.45, 7) is 2.99. The highest BCUT2D eigenvalue weighted by Crippen LogP contribution is 2.29. The van der Waals surface area contributed by atoms with Gasteiger partial charge in [0.1, 0.15) is 0 Å². The molecule has 1 fully saturated rings. The molecule has 5 nitrogen and oxygen atoms in total. The number of anilines is 2. The van der Waals surface area contributed by atoms with E-state index in [9.17, 15) is 4.79 Å². The number of morpholine rings is 1. The minimum absolute atomic E-state index is 0.195. The van der Waals surface area contributed by atoms with Crippen LogP contribution in [0.4, 0.5) is 11.4 Å². The van der Waals surface area contributed by atoms with Crippen molar-refractivity contribution >= 4 is 63.9 Å². The molecule has 1 aliphatic heterocycles. The third-order valence-electron chi connectivity index (χ3n) is 4.09. The van der Waals surface area contributed by atoms with Gasteiger partial charge in [0, 0.05) is 29.9 Å². The summed E-state index contributed by atoms with van der Waals surface area (Å²) in [6, 6.07) is 12.8. The Labute approximate surface area is 179 Å². The van der Waals surface area contributed by atoms with Crippen LogP contribution >= 0.6 is 35.4 Å². The topological polar surface area (TPSA) is 53.6 Å². The number of carbonyl (C=O) groups excluding carboxylic acids is 1. The Bertz CT molecular complexity index is 882. The maximum absolute atomic E-state index is 12.0. The van der Waals surface area contributed by atoms with E-state index in [1.807, 2.05) is 24.3 Å². The van der Waals surface area contributed by atoms with E-state index in [2.05, 4.69) is 15.5 Å². The van der Waals surface area contributed by atoms with Gasteiger partial charge >= 0.3 is 0 Å². The number of carbonyl (C=O) groups is 1. The number of ether oxygens (including phenoxy) is 1. The fourth-order valence-electron chi connectivity index (χ4n) is 2.71. The van der Waals surface area contributed by atoms with Gasteiger partial charge in [-0.25, -0.2) is 0 Å². The molecule has 2 aromatic rings. The number of nitrogens with one attached hydrogen (secondary N) is 2. The van der Waals surface area contributed by atoms with E-state index in [1.54, 1.807) is 24.3 Å². The van der Waals surface area contributed by atoms with E-state index in [-0.39, 0.29) is 11.0 Å². The minimum Gasteiger partial charge on any atom is -0.378 e. The van der Waals surface area contributed by atoms with E-state index in [4.69, 9.17) is 40.2 Å². The first-order chi connectivity index (χ1) is 13.5. The van der Waals surface area contributed by atoms with Gasteiger partial charge in [-0.1, -0.05) is 35.3 Å². The molecule has 0 radical (unpaired) electrons. The predicted molar refractivity (Wildman–Crippen MR) is 119 cm³/mol. The molecular weight excluding hydrogens is 417 g/mol. The zero-order valence-electron chi connectivity index (χ0n) is 15.0. The first-order valence-electron chi connectivity index (χ1n) is 8.69. The van der Waals surface area contributed by atoms with Crippen molar-refractivity contribution < 1.29 is 9.53 Å². The number of hydrogen-bond donors (Lipinski definition) is 2. The highest BCUT2D eigenvalue weighted by molar-refractivity contribution is 7.80. The average molecular weight is 436 g/mol. The Morgan fingerprint density at radius 1 is 1.11 bits per heavy atom. The predicted octanol–water partition coefficient (Wildman–Crippen LogP) is 4.36. The van der Waals surface area contributed by atoms with Gasteiger partial charge in [-0.2, -0.15) is 0 Å². The van der Waals surface area contributed by atoms with E-state index >= 15 is 0 Å². The van der Waals surface area contributed by atoms with Gasteiger partial charge < -0.3 is 15.0 Å². The second kappa shape index (κ2) is 9.89. The number of rotatable bonds is 4. The Morgan fingerprint density at radius 3 is 2.50 bits per heavy atom. The van der Waals surface area contributed by atoms with Crippen molar-refractivity contribution in [1.82, 2.24) is 5.32 Å². The number of benzene rings is 2. The Balaban J connectivity index is 1.54. The van der Waals surface area contributed by atoms with Crippen LogP contribution in [0.25, 0.3) is 6.08 Å². The molecule has 0 aromatic heterocycles. The summed E-state index contributed by atoms with van der Waals surface area (Å²) in [4.78, 5) is 14.2. The van der Waals surface area contributed by atoms with Crippen molar-refractivity contribution in [2.45, 2.75) is 0 Å². The summed E-state index contributed by atoms with van der Waals surface area (Å²) < 4.78 is 5.36. The van der Waals surface area contributed by atoms with Crippen LogP contribution in [0.2, 0.25) is 10.0 Å². The van der Waals surface area contributed by atoms with Crippen LogP contribution < -0.4 is 15.5 Å². The molecule has 0 aliphatic carbocycles. The molecule has 0 spiro atoms. The number of amides is 1. The van der Waals surface area contributed by atoms with Gasteiger partial charge in [0.2, 0.25) is 5.91 Å². The summed E-state index contributed by atoms with van der Waals surface area (Å²) in [6.07, 6.45) is 3.09. The third kappa shape index (κ3) is 5.94. The van der Waals surface area contributed by atoms with E-state index in [0.29, 0.717) is 28.9 Å². The first kappa shape index (κ1) is 20.6. The lowest BCUT2D eigenvalue weighted by Crippen LogP contribution is -2.36. The van der Waals surface area contributed by atoms with Crippen LogP contribution in [0.1, 0.15) is 5.56 Å². The molecule has 2 aromatic carbocycles. The van der Waals surface area contributed by atoms with Crippen LogP contribution in [0.15, 0.2) is 48.5 Å². The normalized spacial score (nSPS) is 14.1. The highest BCUT2D eigenvalue weighted by atomic mass is 35.5. The third-order valence-corrected chi connectivity index (χ3v) is 4.85. The van der Waals surface area contributed by atoms with Crippen LogP contribution in [-0.2, 0) is 9.53 Å². The van der Waals surface area contributed by atoms with Crippen molar-refractivity contribution in [2.24, 2.45) is 0 Å². The van der Waals surface area contributed by atoms with Gasteiger partial charge in [0.05, 0.1) is 23.9 Å². The molecule has 1 amide bonds. The van der Waals surface area contributed by atoms with Gasteiger partial charge in [-0.05, 0) is 54.2 Å². The molecule has 0 bridgehead atoms. The van der Waals surface area contributed by atoms with Gasteiger partial charge in [-0.15, -0.1) is 0 Å². The summed E-state index contributed by atoms with van der Waals surface area (Å²) in [5, 5.41) is 7.03. The molecule has 0 atom stereocenters. The lowest BCUT2D eigenvalue weighted by atomic mass is 10.2. The van der Waals surface area contributed by atoms with Crippen LogP contribution in [0, 0.1) is 0 Å². The lowest BCUT2D eigenvalue weighted by Gasteiger charge is -2.29. The monoisotopic (exact) mass is 435 g/mol. The Hall–Kier alpha value is -2.12. The summed E-state index contributed by atoms with van der Waals surface area (Å²) in [7, 11) is 0. The van der Waals surface area contributed by atoms with Gasteiger partial charge in [0.25, 0.3) is 0 Å². The van der Waals surface area contributed by atoms with Crippen molar-refractivity contribution in [3.05, 3.63) is 64.1 Å². The summed E-state index contributed by atoms with van der Waals surface area (Å²) in [5.74, 6) is -0.330. The van der Waals surface area contributed by atoms with Gasteiger partial charge in [-0.3, -0.25) is 10.1 Å². The van der Waals surface area contributed by atoms with E-state index in [1.165, 1.54) is 6.08 Å². The molecule has 3 rings (SSSR count). The van der Waals surface area contributed by atoms with Crippen molar-refractivity contribution in [1.29, 1.82) is 0 Å². The van der Waals surface area contributed by atoms with Crippen molar-refractivity contribution in [3.8, 4) is 0 Å². The van der Waals surface area contributed by atoms with Crippen LogP contribution in [0.5, 0.6) is 0 Å². The second-order valence-electron chi connectivity index (χ2n) is 6.09. The molecule has 146 valence electrons. The maximum Gasteiger partial charge on any atom is 0.250 e. The quantitative estimate of drug-likeness (QED) is 0.551. The molecule has 1 aliphatic rings. The van der Waals surface area contributed by atoms with Crippen LogP contribution in [-0.4, -0.2) is 37.3 Å². The molecule has 1 saturated heterocycles. The number of nitrogens with zero attached hydrogens (tertiary/aromatic N) is 1. The fraction of sp³-hybridized carbons (Fsp3) is 0.200. The lowest BCUT2D eigenvalue weighted by molar-refractivity contribution is -0.115. The SMILES string of the molecule is O=C(C=Cc1ccc(Cl)cc1)NC(=S)Nc1ccc(N2CCOCC2)c(Cl)c1. The van der Waals surface area contributed by atoms with E-state index < -0.39 is 0 Å². The molecule has 1 heterocycles. The molecule has 28 heavy (non-hydrogen) atoms. The molecule has 0 unspecified atom stereocenters. The van der Waals surface area contributed by atoms with Gasteiger partial charge in [0.15, 0.2) is 5.11 Å². The molecule has 8 heteroatoms. The minimum atomic E-state index is -0.330. The Morgan fingerprint density at radius 2 is 1.82 bits per heavy atom. The largest absolute Gasteiger partial charge is 0.378 e. The second-order valence-corrected chi connectivity index (χ2v) is 7.35. The van der Waals surface area contributed by atoms with Crippen LogP contribution in [0.3, 0.4) is 0 Å². The highest BCUT2D eigenvalue weighted by Gasteiger charge is 2.14. The Kier molecular flexibility index (Phi) is 7.28. The summed E-state index contributed by atoms with van der Waals surface area (Å²) in [5.41, 5.74) is 2.52. The van der Waals surface area contributed by atoms with Crippen molar-refractivity contribution in [2.75, 3.05) is 36.5 Å². The standard InChI is InChI=1S/C20H19Cl2N3O2S/c21-15-4-1-14(2-5-15)3-8-19(26)24-20(28)23-16-6-7-18(17(22)13-16)25-9-11-27-12-10-25/h1-8,13H,9-12H2,(H2,23,24,26,28). The molecular formula is C20H19Cl2N3O2S. The average Bonchev–Trinajstić information content (AvgIpc) is 2.68. The zero-order valence-corrected chi connectivity index (χ0v) is 17.3. The first-order valence-corrected chi connectivity index (χ1v) is 9.85. The maximum atomic E-state index is 12.0. The zero-order chi connectivity index (χ0) is 19.9. The van der Waals surface area contributed by atoms with Crippen molar-refractivity contribution in [3.63, 3.8) is 0 Å².